The van der Waals surface area contributed by atoms with Crippen LogP contribution in [0.25, 0.3) is 0 Å². The largest absolute Gasteiger partial charge is 0.444 e. The fourth-order valence-corrected chi connectivity index (χ4v) is 12.5. The number of hydrogen-bond acceptors (Lipinski definition) is 17. The first kappa shape index (κ1) is 60.2. The van der Waals surface area contributed by atoms with Crippen LogP contribution in [0.1, 0.15) is 80.1 Å². The van der Waals surface area contributed by atoms with Gasteiger partial charge in [0.2, 0.25) is 0 Å². The molecule has 3 atom stereocenters. The maximum atomic E-state index is 12.7. The normalized spacial score (nSPS) is 19.0. The van der Waals surface area contributed by atoms with E-state index in [9.17, 15) is 55.1 Å². The van der Waals surface area contributed by atoms with Gasteiger partial charge < -0.3 is 35.6 Å². The van der Waals surface area contributed by atoms with Crippen molar-refractivity contribution in [2.75, 3.05) is 63.6 Å². The van der Waals surface area contributed by atoms with Crippen LogP contribution in [0.3, 0.4) is 0 Å². The molecule has 0 aliphatic carbocycles. The second-order valence-corrected chi connectivity index (χ2v) is 26.1. The number of carbonyl (C=O) groups is 2. The van der Waals surface area contributed by atoms with Crippen LogP contribution >= 0.6 is 10.7 Å². The molecule has 21 nitrogen and oxygen atoms in total. The van der Waals surface area contributed by atoms with Gasteiger partial charge in [0.15, 0.2) is 24.6 Å². The molecular formula is C46H68ClN7O14S3. The number of nitrogen functional groups attached to an aromatic ring is 1. The molecule has 3 unspecified atom stereocenters. The summed E-state index contributed by atoms with van der Waals surface area (Å²) in [7, 11) is -4.14. The van der Waals surface area contributed by atoms with E-state index in [0.29, 0.717) is 31.6 Å². The highest BCUT2D eigenvalue weighted by Crippen LogP contribution is 2.30. The minimum atomic E-state index is -4.05. The zero-order valence-corrected chi connectivity index (χ0v) is 44.5. The molecule has 71 heavy (non-hydrogen) atoms. The summed E-state index contributed by atoms with van der Waals surface area (Å²) in [6, 6.07) is 17.0. The summed E-state index contributed by atoms with van der Waals surface area (Å²) in [6.45, 7) is 15.0. The van der Waals surface area contributed by atoms with Crippen LogP contribution in [0.4, 0.5) is 26.7 Å². The molecule has 6 rings (SSSR count). The van der Waals surface area contributed by atoms with Gasteiger partial charge in [-0.15, -0.1) is 0 Å². The molecule has 0 radical (unpaired) electrons. The molecule has 3 aliphatic rings. The number of carbonyl (C=O) groups excluding carboxylic acids is 2. The van der Waals surface area contributed by atoms with Crippen molar-refractivity contribution in [3.8, 4) is 0 Å². The highest BCUT2D eigenvalue weighted by molar-refractivity contribution is 8.13. The summed E-state index contributed by atoms with van der Waals surface area (Å²) < 4.78 is 82.3. The molecule has 0 saturated carbocycles. The van der Waals surface area contributed by atoms with E-state index in [2.05, 4.69) is 4.90 Å². The van der Waals surface area contributed by atoms with Crippen molar-refractivity contribution in [2.24, 2.45) is 17.6 Å². The van der Waals surface area contributed by atoms with Crippen LogP contribution in [-0.4, -0.2) is 137 Å². The number of nitro groups is 2. The molecule has 3 heterocycles. The maximum absolute atomic E-state index is 12.7. The second-order valence-electron chi connectivity index (χ2n) is 19.5. The van der Waals surface area contributed by atoms with Crippen molar-refractivity contribution in [2.45, 2.75) is 112 Å². The number of benzene rings is 3. The van der Waals surface area contributed by atoms with Crippen molar-refractivity contribution >= 4 is 68.7 Å². The van der Waals surface area contributed by atoms with Crippen molar-refractivity contribution in [1.82, 2.24) is 14.7 Å². The second kappa shape index (κ2) is 26.0. The van der Waals surface area contributed by atoms with Crippen LogP contribution in [0.15, 0.2) is 87.5 Å². The molecule has 396 valence electrons. The van der Waals surface area contributed by atoms with Crippen LogP contribution < -0.4 is 11.5 Å². The van der Waals surface area contributed by atoms with Crippen LogP contribution in [0, 0.1) is 32.1 Å². The maximum Gasteiger partial charge on any atom is 0.410 e. The van der Waals surface area contributed by atoms with Crippen molar-refractivity contribution in [3.05, 3.63) is 93.0 Å². The SMILES string of the molecule is CC(C)(C)OC(=O)N1CCCC(CS(=O)(=O)c2ccccc2[N+](=O)[O-])C1.CC(C)(C)OC(=O)N1CCCC(N)C1.CN1CCCC(CS(=O)(=O)c2ccccc2N)C1.O=[N+]([O-])c1ccccc1S(=O)(=O)Cl. The lowest BCUT2D eigenvalue weighted by Crippen LogP contribution is -2.47. The predicted octanol–water partition coefficient (Wildman–Crippen LogP) is 7.27. The topological polar surface area (TPSA) is 303 Å². The number of hydrogen-bond donors (Lipinski definition) is 2. The van der Waals surface area contributed by atoms with Gasteiger partial charge in [-0.3, -0.25) is 20.2 Å². The first-order valence-electron chi connectivity index (χ1n) is 22.9. The number of amides is 2. The fraction of sp³-hybridized carbons (Fsp3) is 0.565. The molecule has 0 aromatic heterocycles. The van der Waals surface area contributed by atoms with E-state index in [1.54, 1.807) is 49.9 Å². The number of nitrogens with zero attached hydrogens (tertiary/aromatic N) is 5. The van der Waals surface area contributed by atoms with Gasteiger partial charge in [0.25, 0.3) is 20.4 Å². The summed E-state index contributed by atoms with van der Waals surface area (Å²) >= 11 is 0. The molecule has 3 aliphatic heterocycles. The summed E-state index contributed by atoms with van der Waals surface area (Å²) in [5.41, 5.74) is 9.89. The van der Waals surface area contributed by atoms with Crippen LogP contribution in [0.2, 0.25) is 0 Å². The first-order valence-corrected chi connectivity index (χ1v) is 28.5. The summed E-state index contributed by atoms with van der Waals surface area (Å²) in [6.07, 6.45) is 4.62. The number of para-hydroxylation sites is 3. The minimum Gasteiger partial charge on any atom is -0.444 e. The van der Waals surface area contributed by atoms with E-state index in [-0.39, 0.29) is 51.8 Å². The first-order chi connectivity index (χ1) is 32.8. The number of nitrogens with two attached hydrogens (primary N) is 2. The average molecular weight is 1070 g/mol. The fourth-order valence-electron chi connectivity index (χ4n) is 7.85. The Morgan fingerprint density at radius 1 is 0.634 bits per heavy atom. The zero-order valence-electron chi connectivity index (χ0n) is 41.3. The summed E-state index contributed by atoms with van der Waals surface area (Å²) in [5.74, 6) is -0.114. The van der Waals surface area contributed by atoms with Gasteiger partial charge in [0.05, 0.1) is 31.9 Å². The van der Waals surface area contributed by atoms with E-state index in [1.165, 1.54) is 41.3 Å². The molecule has 3 aromatic carbocycles. The van der Waals surface area contributed by atoms with Gasteiger partial charge >= 0.3 is 12.2 Å². The molecule has 25 heteroatoms. The van der Waals surface area contributed by atoms with E-state index >= 15 is 0 Å². The van der Waals surface area contributed by atoms with Crippen molar-refractivity contribution < 1.29 is 54.2 Å². The number of likely N-dealkylation sites (tertiary alicyclic amines) is 3. The van der Waals surface area contributed by atoms with Gasteiger partial charge in [0.1, 0.15) is 16.1 Å². The standard InChI is InChI=1S/C17H24N2O6S.C13H20N2O2S.C10H20N2O2.C6H4ClNO4S/c1-17(2,3)25-16(20)18-10-6-7-13(11-18)12-26(23,24)15-9-5-4-8-14(15)19(21)22;1-15-8-4-5-11(9-15)10-18(16,17)13-7-3-2-6-12(13)14;1-10(2,3)14-9(13)12-6-4-5-8(11)7-12;7-13(11,12)6-4-2-1-3-5(6)8(9)10/h4-5,8-9,13H,6-7,10-12H2,1-3H3;2-3,6-7,11H,4-5,8-10,14H2,1H3;8H,4-7,11H2,1-3H3;1-4H. The summed E-state index contributed by atoms with van der Waals surface area (Å²) in [4.78, 5) is 48.7. The number of nitro benzene ring substituents is 2. The van der Waals surface area contributed by atoms with E-state index < -0.39 is 72.1 Å². The molecule has 3 aromatic rings. The Bertz CT molecular complexity index is 2640. The van der Waals surface area contributed by atoms with Crippen LogP contribution in [-0.2, 0) is 38.2 Å². The smallest absolute Gasteiger partial charge is 0.410 e. The highest BCUT2D eigenvalue weighted by Gasteiger charge is 2.34. The highest BCUT2D eigenvalue weighted by atomic mass is 35.7. The van der Waals surface area contributed by atoms with E-state index in [1.807, 2.05) is 27.8 Å². The lowest BCUT2D eigenvalue weighted by Gasteiger charge is -2.34. The number of piperidine rings is 3. The molecule has 4 N–H and O–H groups in total. The van der Waals surface area contributed by atoms with Gasteiger partial charge in [0, 0.05) is 61.6 Å². The molecule has 3 saturated heterocycles. The monoisotopic (exact) mass is 1070 g/mol. The lowest BCUT2D eigenvalue weighted by atomic mass is 10.0. The minimum absolute atomic E-state index is 0.108. The Morgan fingerprint density at radius 3 is 1.46 bits per heavy atom. The van der Waals surface area contributed by atoms with Crippen molar-refractivity contribution in [1.29, 1.82) is 0 Å². The molecule has 0 spiro atoms. The number of sulfone groups is 2. The Hall–Kier alpha value is -5.14. The Kier molecular flexibility index (Phi) is 22.0. The van der Waals surface area contributed by atoms with Gasteiger partial charge in [-0.05, 0) is 130 Å². The zero-order chi connectivity index (χ0) is 53.5. The predicted molar refractivity (Wildman–Crippen MR) is 270 cm³/mol. The van der Waals surface area contributed by atoms with Crippen molar-refractivity contribution in [3.63, 3.8) is 0 Å². The molecular weight excluding hydrogens is 1010 g/mol. The Morgan fingerprint density at radius 2 is 1.03 bits per heavy atom. The number of ether oxygens (including phenoxy) is 2. The molecule has 2 amide bonds. The van der Waals surface area contributed by atoms with Gasteiger partial charge in [-0.1, -0.05) is 36.4 Å². The Balaban J connectivity index is 0.000000261. The molecule has 0 bridgehead atoms. The van der Waals surface area contributed by atoms with Gasteiger partial charge in [-0.2, -0.15) is 0 Å². The Labute approximate surface area is 421 Å². The number of anilines is 1. The summed E-state index contributed by atoms with van der Waals surface area (Å²) in [5, 5.41) is 21.5. The average Bonchev–Trinajstić information content (AvgIpc) is 3.25. The lowest BCUT2D eigenvalue weighted by molar-refractivity contribution is -0.388. The molecule has 3 fully saturated rings. The van der Waals surface area contributed by atoms with Gasteiger partial charge in [-0.25, -0.2) is 34.8 Å². The number of rotatable bonds is 9. The third-order valence-corrected chi connectivity index (χ3v) is 16.1. The van der Waals surface area contributed by atoms with E-state index in [4.69, 9.17) is 31.6 Å². The number of halogens is 1. The quantitative estimate of drug-likeness (QED) is 0.0921. The van der Waals surface area contributed by atoms with E-state index in [0.717, 1.165) is 57.5 Å². The van der Waals surface area contributed by atoms with Crippen LogP contribution in [0.5, 0.6) is 0 Å². The third-order valence-electron chi connectivity index (χ3n) is 10.9. The third kappa shape index (κ3) is 20.5.